The molecule has 2 aliphatic heterocycles. The molecule has 2 saturated heterocycles. The first kappa shape index (κ1) is 43.4. The summed E-state index contributed by atoms with van der Waals surface area (Å²) >= 11 is 0. The number of nitrogens with one attached hydrogen (secondary N) is 6. The minimum absolute atomic E-state index is 0.00744. The second-order valence-electron chi connectivity index (χ2n) is 15.0. The summed E-state index contributed by atoms with van der Waals surface area (Å²) in [6, 6.07) is 16.0. The van der Waals surface area contributed by atoms with Crippen LogP contribution in [0.2, 0.25) is 0 Å². The van der Waals surface area contributed by atoms with Crippen molar-refractivity contribution in [2.75, 3.05) is 41.3 Å². The molecule has 14 nitrogen and oxygen atoms in total. The molecule has 0 saturated carbocycles. The van der Waals surface area contributed by atoms with E-state index in [1.165, 1.54) is 13.5 Å². The van der Waals surface area contributed by atoms with E-state index in [1.54, 1.807) is 0 Å². The number of imidazole rings is 2. The maximum atomic E-state index is 13.2. The molecule has 2 aliphatic rings. The number of hydrogen-bond acceptors (Lipinski definition) is 8. The Labute approximate surface area is 331 Å². The predicted octanol–water partition coefficient (Wildman–Crippen LogP) is 5.31. The zero-order valence-electron chi connectivity index (χ0n) is 34.1. The number of H-pyrrole nitrogens is 2. The van der Waals surface area contributed by atoms with Crippen molar-refractivity contribution < 1.29 is 19.2 Å². The van der Waals surface area contributed by atoms with Gasteiger partial charge < -0.3 is 40.9 Å². The number of hydrogen-bond donors (Lipinski definition) is 6. The second kappa shape index (κ2) is 21.1. The zero-order chi connectivity index (χ0) is 40.8. The van der Waals surface area contributed by atoms with E-state index in [4.69, 9.17) is 0 Å². The van der Waals surface area contributed by atoms with Crippen molar-refractivity contribution >= 4 is 24.6 Å². The number of carbonyl (C=O) groups excluding carboxylic acids is 4. The van der Waals surface area contributed by atoms with Crippen molar-refractivity contribution in [2.24, 2.45) is 11.8 Å². The van der Waals surface area contributed by atoms with Crippen LogP contribution in [0.4, 0.5) is 4.79 Å². The van der Waals surface area contributed by atoms with Gasteiger partial charge in [-0.05, 0) is 87.5 Å². The molecule has 4 aromatic rings. The first-order valence-electron chi connectivity index (χ1n) is 19.5. The van der Waals surface area contributed by atoms with Gasteiger partial charge in [-0.2, -0.15) is 0 Å². The van der Waals surface area contributed by atoms with E-state index in [-0.39, 0.29) is 29.8 Å². The number of amides is 4. The zero-order valence-corrected chi connectivity index (χ0v) is 34.1. The highest BCUT2D eigenvalue weighted by molar-refractivity contribution is 5.84. The van der Waals surface area contributed by atoms with Crippen molar-refractivity contribution in [3.8, 4) is 33.6 Å². The summed E-state index contributed by atoms with van der Waals surface area (Å²) in [6.07, 6.45) is 9.24. The van der Waals surface area contributed by atoms with Crippen LogP contribution in [0.15, 0.2) is 60.9 Å². The maximum Gasteiger partial charge on any atom is 0.315 e. The van der Waals surface area contributed by atoms with Crippen LogP contribution >= 0.6 is 0 Å². The molecule has 56 heavy (non-hydrogen) atoms. The van der Waals surface area contributed by atoms with E-state index < -0.39 is 12.1 Å². The van der Waals surface area contributed by atoms with Crippen LogP contribution in [0.3, 0.4) is 0 Å². The number of carbonyl (C=O) groups is 4. The SMILES string of the molecule is CC(C)C(NC=O)C(=O)N1CCC[C@H]1c1ncc(-c2ccc(-c3ccc(-c4cnc([C@@H]5CCCN5C)[nH]4)cc3)cc2)[nH]1.CNC.CNC(=O)NC(C=O)C(C)C. The molecule has 302 valence electrons. The first-order chi connectivity index (χ1) is 26.9. The molecule has 2 aromatic carbocycles. The topological polar surface area (TPSA) is 180 Å². The average Bonchev–Trinajstić information content (AvgIpc) is 4.04. The molecular weight excluding hydrogens is 709 g/mol. The highest BCUT2D eigenvalue weighted by Gasteiger charge is 2.36. The Morgan fingerprint density at radius 1 is 0.750 bits per heavy atom. The van der Waals surface area contributed by atoms with Crippen molar-refractivity contribution in [3.05, 3.63) is 72.6 Å². The summed E-state index contributed by atoms with van der Waals surface area (Å²) < 4.78 is 0. The maximum absolute atomic E-state index is 13.2. The Kier molecular flexibility index (Phi) is 16.3. The van der Waals surface area contributed by atoms with Gasteiger partial charge in [-0.15, -0.1) is 0 Å². The third-order valence-corrected chi connectivity index (χ3v) is 10.2. The molecule has 0 radical (unpaired) electrons. The van der Waals surface area contributed by atoms with E-state index in [0.29, 0.717) is 19.0 Å². The van der Waals surface area contributed by atoms with Crippen LogP contribution in [0.1, 0.15) is 77.1 Å². The second-order valence-corrected chi connectivity index (χ2v) is 15.0. The average molecular weight is 769 g/mol. The molecule has 4 atom stereocenters. The Bertz CT molecular complexity index is 1840. The Morgan fingerprint density at radius 3 is 1.66 bits per heavy atom. The molecular formula is C42H60N10O4. The van der Waals surface area contributed by atoms with Gasteiger partial charge in [-0.1, -0.05) is 76.2 Å². The Balaban J connectivity index is 0.000000427. The number of aromatic nitrogens is 4. The van der Waals surface area contributed by atoms with Gasteiger partial charge in [-0.3, -0.25) is 14.5 Å². The van der Waals surface area contributed by atoms with Crippen molar-refractivity contribution in [1.82, 2.24) is 51.0 Å². The fourth-order valence-electron chi connectivity index (χ4n) is 6.94. The number of likely N-dealkylation sites (tertiary alicyclic amines) is 2. The summed E-state index contributed by atoms with van der Waals surface area (Å²) in [7, 11) is 7.42. The Morgan fingerprint density at radius 2 is 1.23 bits per heavy atom. The van der Waals surface area contributed by atoms with Crippen LogP contribution < -0.4 is 21.3 Å². The fourth-order valence-corrected chi connectivity index (χ4v) is 6.94. The van der Waals surface area contributed by atoms with Gasteiger partial charge in [0.25, 0.3) is 0 Å². The number of rotatable bonds is 12. The lowest BCUT2D eigenvalue weighted by molar-refractivity contribution is -0.137. The first-order valence-corrected chi connectivity index (χ1v) is 19.5. The van der Waals surface area contributed by atoms with Gasteiger partial charge in [0.05, 0.1) is 41.9 Å². The lowest BCUT2D eigenvalue weighted by atomic mass is 10.0. The summed E-state index contributed by atoms with van der Waals surface area (Å²) in [5.74, 6) is 1.92. The number of aldehydes is 1. The summed E-state index contributed by atoms with van der Waals surface area (Å²) in [4.78, 5) is 65.9. The third kappa shape index (κ3) is 11.1. The fraction of sp³-hybridized carbons (Fsp3) is 0.476. The van der Waals surface area contributed by atoms with E-state index in [0.717, 1.165) is 77.4 Å². The normalized spacial score (nSPS) is 17.6. The molecule has 2 fully saturated rings. The van der Waals surface area contributed by atoms with Crippen molar-refractivity contribution in [1.29, 1.82) is 0 Å². The number of aromatic amines is 2. The van der Waals surface area contributed by atoms with Gasteiger partial charge in [0.1, 0.15) is 24.0 Å². The number of urea groups is 1. The Hall–Kier alpha value is -5.34. The van der Waals surface area contributed by atoms with E-state index in [9.17, 15) is 19.2 Å². The largest absolute Gasteiger partial charge is 0.347 e. The van der Waals surface area contributed by atoms with Crippen molar-refractivity contribution in [2.45, 2.75) is 77.5 Å². The van der Waals surface area contributed by atoms with Gasteiger partial charge >= 0.3 is 6.03 Å². The third-order valence-electron chi connectivity index (χ3n) is 10.2. The minimum atomic E-state index is -0.532. The highest BCUT2D eigenvalue weighted by Crippen LogP contribution is 2.34. The molecule has 0 bridgehead atoms. The summed E-state index contributed by atoms with van der Waals surface area (Å²) in [6.45, 7) is 9.41. The summed E-state index contributed by atoms with van der Waals surface area (Å²) in [5.41, 5.74) is 6.41. The quantitative estimate of drug-likeness (QED) is 0.105. The molecule has 2 aromatic heterocycles. The van der Waals surface area contributed by atoms with E-state index in [2.05, 4.69) is 102 Å². The molecule has 6 N–H and O–H groups in total. The van der Waals surface area contributed by atoms with Gasteiger partial charge in [0.15, 0.2) is 0 Å². The van der Waals surface area contributed by atoms with Crippen LogP contribution in [-0.2, 0) is 14.4 Å². The van der Waals surface area contributed by atoms with Crippen LogP contribution in [0.5, 0.6) is 0 Å². The standard InChI is InChI=1S/C33H39N7O2.C7H14N2O2.C2H7N/c1-21(2)30(36-20-41)33(42)40-17-5-7-29(40)32-35-19-27(38-32)25-14-10-23(11-15-25)22-8-12-24(13-9-22)26-18-34-31(37-26)28-6-4-16-39(28)3;1-5(2)6(4-10)9-7(11)8-3;1-3-2/h8-15,18-21,28-30H,4-7,16-17H2,1-3H3,(H,34,37)(H,35,38)(H,36,41);4-6H,1-3H3,(H2,8,9,11);3H,1-2H3/t28-,29-,30?;;/m0../s1. The lowest BCUT2D eigenvalue weighted by Crippen LogP contribution is -2.48. The van der Waals surface area contributed by atoms with Crippen LogP contribution in [-0.4, -0.2) is 108 Å². The number of benzene rings is 2. The minimum Gasteiger partial charge on any atom is -0.347 e. The molecule has 4 heterocycles. The van der Waals surface area contributed by atoms with E-state index >= 15 is 0 Å². The lowest BCUT2D eigenvalue weighted by Gasteiger charge is -2.29. The van der Waals surface area contributed by atoms with E-state index in [1.807, 2.05) is 59.1 Å². The summed E-state index contributed by atoms with van der Waals surface area (Å²) in [5, 5.41) is 10.3. The van der Waals surface area contributed by atoms with Crippen LogP contribution in [0.25, 0.3) is 33.6 Å². The molecule has 0 aliphatic carbocycles. The molecule has 6 rings (SSSR count). The molecule has 2 unspecified atom stereocenters. The van der Waals surface area contributed by atoms with Gasteiger partial charge in [-0.25, -0.2) is 14.8 Å². The smallest absolute Gasteiger partial charge is 0.315 e. The highest BCUT2D eigenvalue weighted by atomic mass is 16.2. The molecule has 14 heteroatoms. The molecule has 4 amide bonds. The molecule has 0 spiro atoms. The van der Waals surface area contributed by atoms with Crippen LogP contribution in [0, 0.1) is 11.8 Å². The predicted molar refractivity (Wildman–Crippen MR) is 220 cm³/mol. The van der Waals surface area contributed by atoms with Crippen molar-refractivity contribution in [3.63, 3.8) is 0 Å². The van der Waals surface area contributed by atoms with Gasteiger partial charge in [0.2, 0.25) is 12.3 Å². The number of nitrogens with zero attached hydrogens (tertiary/aromatic N) is 4. The monoisotopic (exact) mass is 768 g/mol. The van der Waals surface area contributed by atoms with Gasteiger partial charge in [0, 0.05) is 13.6 Å².